The van der Waals surface area contributed by atoms with Gasteiger partial charge in [0.15, 0.2) is 23.0 Å². The zero-order valence-electron chi connectivity index (χ0n) is 16.9. The number of ether oxygens (including phenoxy) is 4. The van der Waals surface area contributed by atoms with Gasteiger partial charge in [0.05, 0.1) is 5.69 Å². The molecule has 0 unspecified atom stereocenters. The Morgan fingerprint density at radius 2 is 1.55 bits per heavy atom. The Bertz CT molecular complexity index is 1250. The van der Waals surface area contributed by atoms with Crippen molar-refractivity contribution in [1.82, 2.24) is 9.78 Å². The summed E-state index contributed by atoms with van der Waals surface area (Å²) < 4.78 is 22.6. The summed E-state index contributed by atoms with van der Waals surface area (Å²) in [5.74, 6) is 2.03. The average Bonchev–Trinajstić information content (AvgIpc) is 3.42. The van der Waals surface area contributed by atoms with Crippen molar-refractivity contribution in [3.05, 3.63) is 58.9 Å². The molecule has 2 aliphatic heterocycles. The molecule has 9 heteroatoms. The summed E-state index contributed by atoms with van der Waals surface area (Å²) in [6.07, 6.45) is 0. The van der Waals surface area contributed by atoms with Crippen LogP contribution >= 0.6 is 0 Å². The normalized spacial score (nSPS) is 13.9. The number of hydrogen-bond donors (Lipinski definition) is 1. The third-order valence-electron chi connectivity index (χ3n) is 5.18. The molecule has 1 N–H and O–H groups in total. The van der Waals surface area contributed by atoms with Crippen molar-refractivity contribution in [2.24, 2.45) is 0 Å². The van der Waals surface area contributed by atoms with Crippen molar-refractivity contribution in [2.75, 3.05) is 18.9 Å². The zero-order valence-corrected chi connectivity index (χ0v) is 16.9. The van der Waals surface area contributed by atoms with Gasteiger partial charge < -0.3 is 24.3 Å². The summed E-state index contributed by atoms with van der Waals surface area (Å²) in [6, 6.07) is 13.5. The minimum Gasteiger partial charge on any atom is -0.454 e. The van der Waals surface area contributed by atoms with Crippen LogP contribution in [0, 0.1) is 0 Å². The predicted octanol–water partition coefficient (Wildman–Crippen LogP) is 2.74. The summed E-state index contributed by atoms with van der Waals surface area (Å²) in [5, 5.41) is 7.28. The van der Waals surface area contributed by atoms with Crippen LogP contribution in [0.4, 0.5) is 5.69 Å². The Labute approximate surface area is 177 Å². The Hall–Kier alpha value is -4.01. The van der Waals surface area contributed by atoms with Crippen molar-refractivity contribution >= 4 is 11.6 Å². The summed E-state index contributed by atoms with van der Waals surface area (Å²) >= 11 is 0. The molecule has 5 rings (SSSR count). The molecule has 1 aromatic heterocycles. The molecular weight excluding hydrogens is 402 g/mol. The standard InChI is InChI=1S/C22H19N3O6/c1-22(2,21(27)23-14-4-7-17-19(10-14)31-12-29-17)25-20(26)8-5-15(24-25)13-3-6-16-18(9-13)30-11-28-16/h3-10H,11-12H2,1-2H3,(H,23,27). The predicted molar refractivity (Wildman–Crippen MR) is 111 cm³/mol. The Morgan fingerprint density at radius 1 is 0.903 bits per heavy atom. The first kappa shape index (κ1) is 19.0. The molecular formula is C22H19N3O6. The topological polar surface area (TPSA) is 101 Å². The molecule has 3 heterocycles. The number of carbonyl (C=O) groups is 1. The van der Waals surface area contributed by atoms with Gasteiger partial charge in [-0.15, -0.1) is 0 Å². The maximum absolute atomic E-state index is 13.1. The summed E-state index contributed by atoms with van der Waals surface area (Å²) in [7, 11) is 0. The van der Waals surface area contributed by atoms with Crippen LogP contribution in [0.15, 0.2) is 53.3 Å². The molecule has 0 atom stereocenters. The van der Waals surface area contributed by atoms with Crippen LogP contribution in [0.5, 0.6) is 23.0 Å². The number of aromatic nitrogens is 2. The molecule has 158 valence electrons. The molecule has 0 spiro atoms. The van der Waals surface area contributed by atoms with Gasteiger partial charge in [-0.1, -0.05) is 0 Å². The lowest BCUT2D eigenvalue weighted by Gasteiger charge is -2.25. The highest BCUT2D eigenvalue weighted by atomic mass is 16.7. The van der Waals surface area contributed by atoms with E-state index in [0.29, 0.717) is 34.4 Å². The van der Waals surface area contributed by atoms with E-state index >= 15 is 0 Å². The van der Waals surface area contributed by atoms with Crippen LogP contribution in [0.3, 0.4) is 0 Å². The Kier molecular flexibility index (Phi) is 4.32. The van der Waals surface area contributed by atoms with E-state index in [-0.39, 0.29) is 13.6 Å². The quantitative estimate of drug-likeness (QED) is 0.691. The number of hydrogen-bond acceptors (Lipinski definition) is 7. The number of amides is 1. The fraction of sp³-hybridized carbons (Fsp3) is 0.227. The van der Waals surface area contributed by atoms with E-state index in [2.05, 4.69) is 10.4 Å². The second-order valence-electron chi connectivity index (χ2n) is 7.62. The summed E-state index contributed by atoms with van der Waals surface area (Å²) in [4.78, 5) is 25.7. The van der Waals surface area contributed by atoms with Gasteiger partial charge in [0, 0.05) is 23.4 Å². The number of benzene rings is 2. The molecule has 0 aliphatic carbocycles. The highest BCUT2D eigenvalue weighted by Crippen LogP contribution is 2.36. The minimum absolute atomic E-state index is 0.143. The number of anilines is 1. The maximum Gasteiger partial charge on any atom is 0.267 e. The number of nitrogens with one attached hydrogen (secondary N) is 1. The molecule has 9 nitrogen and oxygen atoms in total. The zero-order chi connectivity index (χ0) is 21.6. The molecule has 2 aliphatic rings. The molecule has 0 radical (unpaired) electrons. The van der Waals surface area contributed by atoms with Gasteiger partial charge in [-0.25, -0.2) is 4.68 Å². The molecule has 0 saturated carbocycles. The van der Waals surface area contributed by atoms with E-state index in [1.807, 2.05) is 6.07 Å². The fourth-order valence-electron chi connectivity index (χ4n) is 3.38. The van der Waals surface area contributed by atoms with Gasteiger partial charge in [0.1, 0.15) is 5.54 Å². The van der Waals surface area contributed by atoms with E-state index in [1.165, 1.54) is 10.7 Å². The molecule has 0 bridgehead atoms. The molecule has 0 fully saturated rings. The Morgan fingerprint density at radius 3 is 2.29 bits per heavy atom. The van der Waals surface area contributed by atoms with Crippen LogP contribution in [-0.4, -0.2) is 29.3 Å². The van der Waals surface area contributed by atoms with Crippen molar-refractivity contribution < 1.29 is 23.7 Å². The van der Waals surface area contributed by atoms with E-state index in [1.54, 1.807) is 50.2 Å². The fourth-order valence-corrected chi connectivity index (χ4v) is 3.38. The van der Waals surface area contributed by atoms with Gasteiger partial charge in [-0.2, -0.15) is 5.10 Å². The molecule has 0 saturated heterocycles. The second kappa shape index (κ2) is 7.05. The van der Waals surface area contributed by atoms with Crippen molar-refractivity contribution in [1.29, 1.82) is 0 Å². The van der Waals surface area contributed by atoms with Gasteiger partial charge in [0.25, 0.3) is 11.5 Å². The molecule has 31 heavy (non-hydrogen) atoms. The lowest BCUT2D eigenvalue weighted by Crippen LogP contribution is -2.47. The van der Waals surface area contributed by atoms with Crippen LogP contribution in [0.2, 0.25) is 0 Å². The lowest BCUT2D eigenvalue weighted by atomic mass is 10.0. The lowest BCUT2D eigenvalue weighted by molar-refractivity contribution is -0.123. The van der Waals surface area contributed by atoms with Crippen molar-refractivity contribution in [3.63, 3.8) is 0 Å². The highest BCUT2D eigenvalue weighted by molar-refractivity contribution is 5.96. The first-order valence-corrected chi connectivity index (χ1v) is 9.64. The molecule has 3 aromatic rings. The minimum atomic E-state index is -1.26. The Balaban J connectivity index is 1.44. The summed E-state index contributed by atoms with van der Waals surface area (Å²) in [5.41, 5.74) is 0.143. The van der Waals surface area contributed by atoms with Crippen molar-refractivity contribution in [3.8, 4) is 34.3 Å². The van der Waals surface area contributed by atoms with Gasteiger partial charge in [0.2, 0.25) is 13.6 Å². The van der Waals surface area contributed by atoms with Crippen LogP contribution in [-0.2, 0) is 10.3 Å². The SMILES string of the molecule is CC(C)(C(=O)Nc1ccc2c(c1)OCO2)n1nc(-c2ccc3c(c2)OCO3)ccc1=O. The summed E-state index contributed by atoms with van der Waals surface area (Å²) in [6.45, 7) is 3.57. The average molecular weight is 421 g/mol. The largest absolute Gasteiger partial charge is 0.454 e. The number of fused-ring (bicyclic) bond motifs is 2. The number of rotatable bonds is 4. The van der Waals surface area contributed by atoms with Crippen LogP contribution < -0.4 is 29.8 Å². The van der Waals surface area contributed by atoms with Crippen LogP contribution in [0.25, 0.3) is 11.3 Å². The van der Waals surface area contributed by atoms with E-state index in [9.17, 15) is 9.59 Å². The van der Waals surface area contributed by atoms with Crippen LogP contribution in [0.1, 0.15) is 13.8 Å². The van der Waals surface area contributed by atoms with E-state index in [0.717, 1.165) is 5.56 Å². The molecule has 2 aromatic carbocycles. The third-order valence-corrected chi connectivity index (χ3v) is 5.18. The van der Waals surface area contributed by atoms with E-state index < -0.39 is 17.0 Å². The smallest absolute Gasteiger partial charge is 0.267 e. The third kappa shape index (κ3) is 3.33. The number of carbonyl (C=O) groups excluding carboxylic acids is 1. The van der Waals surface area contributed by atoms with Gasteiger partial charge >= 0.3 is 0 Å². The molecule has 1 amide bonds. The van der Waals surface area contributed by atoms with Gasteiger partial charge in [-0.3, -0.25) is 9.59 Å². The first-order valence-electron chi connectivity index (χ1n) is 9.64. The first-order chi connectivity index (χ1) is 14.9. The van der Waals surface area contributed by atoms with E-state index in [4.69, 9.17) is 18.9 Å². The van der Waals surface area contributed by atoms with Gasteiger partial charge in [-0.05, 0) is 50.2 Å². The number of nitrogens with zero attached hydrogens (tertiary/aromatic N) is 2. The maximum atomic E-state index is 13.1. The van der Waals surface area contributed by atoms with Crippen molar-refractivity contribution in [2.45, 2.75) is 19.4 Å². The second-order valence-corrected chi connectivity index (χ2v) is 7.62. The monoisotopic (exact) mass is 421 g/mol. The highest BCUT2D eigenvalue weighted by Gasteiger charge is 2.33.